The summed E-state index contributed by atoms with van der Waals surface area (Å²) in [5.74, 6) is 0.398. The van der Waals surface area contributed by atoms with Crippen LogP contribution in [0, 0.1) is 0 Å². The van der Waals surface area contributed by atoms with Crippen molar-refractivity contribution in [3.63, 3.8) is 0 Å². The zero-order valence-electron chi connectivity index (χ0n) is 9.23. The first-order valence-electron chi connectivity index (χ1n) is 4.91. The fourth-order valence-corrected chi connectivity index (χ4v) is 2.69. The van der Waals surface area contributed by atoms with Gasteiger partial charge in [-0.3, -0.25) is 0 Å². The highest BCUT2D eigenvalue weighted by Crippen LogP contribution is 2.25. The van der Waals surface area contributed by atoms with Crippen molar-refractivity contribution in [1.82, 2.24) is 9.71 Å². The number of fused-ring (bicyclic) bond motifs is 1. The Kier molecular flexibility index (Phi) is 2.96. The summed E-state index contributed by atoms with van der Waals surface area (Å²) < 4.78 is 26.1. The summed E-state index contributed by atoms with van der Waals surface area (Å²) >= 11 is 5.71. The van der Waals surface area contributed by atoms with Crippen LogP contribution in [-0.4, -0.2) is 25.4 Å². The van der Waals surface area contributed by atoms with Gasteiger partial charge in [0.15, 0.2) is 5.82 Å². The predicted octanol–water partition coefficient (Wildman–Crippen LogP) is 1.20. The first kappa shape index (κ1) is 12.1. The number of hydrogen-bond acceptors (Lipinski definition) is 4. The van der Waals surface area contributed by atoms with E-state index in [0.717, 1.165) is 0 Å². The smallest absolute Gasteiger partial charge is 0.267 e. The number of pyridine rings is 1. The Morgan fingerprint density at radius 3 is 2.82 bits per heavy atom. The van der Waals surface area contributed by atoms with Crippen molar-refractivity contribution in [2.24, 2.45) is 4.99 Å². The lowest BCUT2D eigenvalue weighted by atomic mass is 10.4. The van der Waals surface area contributed by atoms with Crippen molar-refractivity contribution in [3.8, 4) is 0 Å². The van der Waals surface area contributed by atoms with Crippen LogP contribution in [0.5, 0.6) is 0 Å². The highest BCUT2D eigenvalue weighted by atomic mass is 35.5. The molecule has 1 aliphatic rings. The van der Waals surface area contributed by atoms with Crippen molar-refractivity contribution in [2.45, 2.75) is 24.8 Å². The van der Waals surface area contributed by atoms with Crippen LogP contribution in [0.15, 0.2) is 22.2 Å². The molecule has 8 heteroatoms. The van der Waals surface area contributed by atoms with Gasteiger partial charge in [0.2, 0.25) is 5.96 Å². The lowest BCUT2D eigenvalue weighted by Crippen LogP contribution is -2.41. The maximum Gasteiger partial charge on any atom is 0.267 e. The summed E-state index contributed by atoms with van der Waals surface area (Å²) in [4.78, 5) is 8.05. The number of hydrogen-bond donors (Lipinski definition) is 2. The summed E-state index contributed by atoms with van der Waals surface area (Å²) in [6.45, 7) is 3.68. The minimum absolute atomic E-state index is 0.0210. The molecule has 0 fully saturated rings. The molecule has 0 aromatic carbocycles. The SMILES string of the molecule is CC(C)N=C1Nc2ncc(Cl)cc2S(=O)(=O)N1. The van der Waals surface area contributed by atoms with Gasteiger partial charge in [-0.15, -0.1) is 0 Å². The molecule has 2 heterocycles. The van der Waals surface area contributed by atoms with Crippen LogP contribution >= 0.6 is 11.6 Å². The number of aromatic nitrogens is 1. The lowest BCUT2D eigenvalue weighted by Gasteiger charge is -2.20. The molecule has 0 saturated heterocycles. The average Bonchev–Trinajstić information content (AvgIpc) is 2.17. The summed E-state index contributed by atoms with van der Waals surface area (Å²) in [7, 11) is -3.65. The molecule has 17 heavy (non-hydrogen) atoms. The van der Waals surface area contributed by atoms with Crippen LogP contribution in [0.4, 0.5) is 5.82 Å². The highest BCUT2D eigenvalue weighted by molar-refractivity contribution is 7.90. The molecule has 2 rings (SSSR count). The van der Waals surface area contributed by atoms with E-state index in [9.17, 15) is 8.42 Å². The number of anilines is 1. The number of aliphatic imine (C=N–C) groups is 1. The quantitative estimate of drug-likeness (QED) is 0.806. The van der Waals surface area contributed by atoms with Crippen LogP contribution in [0.2, 0.25) is 5.02 Å². The normalized spacial score (nSPS) is 19.6. The number of sulfonamides is 1. The summed E-state index contributed by atoms with van der Waals surface area (Å²) in [5.41, 5.74) is 0. The van der Waals surface area contributed by atoms with E-state index in [0.29, 0.717) is 0 Å². The standard InChI is InChI=1S/C9H11ClN4O2S/c1-5(2)12-9-13-8-7(17(15,16)14-9)3-6(10)4-11-8/h3-5H,1-2H3,(H2,11,12,13,14). The second-order valence-corrected chi connectivity index (χ2v) is 5.89. The number of halogens is 1. The van der Waals surface area contributed by atoms with Crippen LogP contribution in [0.25, 0.3) is 0 Å². The molecule has 0 saturated carbocycles. The van der Waals surface area contributed by atoms with Gasteiger partial charge in [0.25, 0.3) is 10.0 Å². The summed E-state index contributed by atoms with van der Waals surface area (Å²) in [6.07, 6.45) is 1.38. The van der Waals surface area contributed by atoms with Crippen molar-refractivity contribution in [2.75, 3.05) is 5.32 Å². The number of guanidine groups is 1. The Morgan fingerprint density at radius 2 is 2.18 bits per heavy atom. The molecule has 0 bridgehead atoms. The Hall–Kier alpha value is -1.34. The molecule has 1 aromatic heterocycles. The third-order valence-corrected chi connectivity index (χ3v) is 3.52. The van der Waals surface area contributed by atoms with Gasteiger partial charge < -0.3 is 5.32 Å². The second kappa shape index (κ2) is 4.15. The molecular formula is C9H11ClN4O2S. The molecule has 0 aliphatic carbocycles. The summed E-state index contributed by atoms with van der Waals surface area (Å²) in [6, 6.07) is 1.31. The van der Waals surface area contributed by atoms with Gasteiger partial charge in [0.05, 0.1) is 5.02 Å². The molecule has 0 radical (unpaired) electrons. The molecule has 6 nitrogen and oxygen atoms in total. The lowest BCUT2D eigenvalue weighted by molar-refractivity contribution is 0.591. The van der Waals surface area contributed by atoms with Gasteiger partial charge in [-0.05, 0) is 19.9 Å². The maximum atomic E-state index is 11.9. The van der Waals surface area contributed by atoms with Gasteiger partial charge in [0.1, 0.15) is 4.90 Å². The van der Waals surface area contributed by atoms with Gasteiger partial charge in [-0.2, -0.15) is 0 Å². The maximum absolute atomic E-state index is 11.9. The van der Waals surface area contributed by atoms with Crippen LogP contribution in [-0.2, 0) is 10.0 Å². The van der Waals surface area contributed by atoms with Crippen molar-refractivity contribution in [3.05, 3.63) is 17.3 Å². The van der Waals surface area contributed by atoms with E-state index in [2.05, 4.69) is 20.0 Å². The molecule has 1 aliphatic heterocycles. The molecular weight excluding hydrogens is 264 g/mol. The topological polar surface area (TPSA) is 83.5 Å². The Labute approximate surface area is 104 Å². The number of nitrogens with one attached hydrogen (secondary N) is 2. The van der Waals surface area contributed by atoms with Gasteiger partial charge >= 0.3 is 0 Å². The zero-order valence-corrected chi connectivity index (χ0v) is 10.8. The monoisotopic (exact) mass is 274 g/mol. The van der Waals surface area contributed by atoms with Crippen molar-refractivity contribution in [1.29, 1.82) is 0 Å². The second-order valence-electron chi connectivity index (χ2n) is 3.80. The van der Waals surface area contributed by atoms with Crippen molar-refractivity contribution >= 4 is 33.4 Å². The number of rotatable bonds is 1. The molecule has 0 amide bonds. The zero-order chi connectivity index (χ0) is 12.6. The Bertz CT molecular complexity index is 583. The van der Waals surface area contributed by atoms with E-state index in [1.807, 2.05) is 13.8 Å². The van der Waals surface area contributed by atoms with E-state index < -0.39 is 10.0 Å². The molecule has 0 unspecified atom stereocenters. The minimum Gasteiger partial charge on any atom is -0.309 e. The molecule has 0 spiro atoms. The summed E-state index contributed by atoms with van der Waals surface area (Å²) in [5, 5.41) is 3.07. The Balaban J connectivity index is 2.52. The van der Waals surface area contributed by atoms with Gasteiger partial charge in [-0.25, -0.2) is 23.1 Å². The van der Waals surface area contributed by atoms with Crippen LogP contribution in [0.3, 0.4) is 0 Å². The van der Waals surface area contributed by atoms with Gasteiger partial charge in [-0.1, -0.05) is 11.6 Å². The van der Waals surface area contributed by atoms with Crippen LogP contribution < -0.4 is 10.0 Å². The predicted molar refractivity (Wildman–Crippen MR) is 65.8 cm³/mol. The fourth-order valence-electron chi connectivity index (χ4n) is 1.36. The first-order valence-corrected chi connectivity index (χ1v) is 6.78. The Morgan fingerprint density at radius 1 is 1.47 bits per heavy atom. The van der Waals surface area contributed by atoms with Crippen LogP contribution in [0.1, 0.15) is 13.8 Å². The average molecular weight is 275 g/mol. The van der Waals surface area contributed by atoms with E-state index in [1.54, 1.807) is 0 Å². The molecule has 92 valence electrons. The third kappa shape index (κ3) is 2.50. The third-order valence-electron chi connectivity index (χ3n) is 1.96. The largest absolute Gasteiger partial charge is 0.309 e. The highest BCUT2D eigenvalue weighted by Gasteiger charge is 2.27. The van der Waals surface area contributed by atoms with Gasteiger partial charge in [0, 0.05) is 12.2 Å². The molecule has 1 aromatic rings. The van der Waals surface area contributed by atoms with E-state index in [1.165, 1.54) is 12.3 Å². The fraction of sp³-hybridized carbons (Fsp3) is 0.333. The minimum atomic E-state index is -3.65. The van der Waals surface area contributed by atoms with E-state index in [-0.39, 0.29) is 27.7 Å². The van der Waals surface area contributed by atoms with E-state index >= 15 is 0 Å². The number of nitrogens with zero attached hydrogens (tertiary/aromatic N) is 2. The molecule has 2 N–H and O–H groups in total. The van der Waals surface area contributed by atoms with E-state index in [4.69, 9.17) is 11.6 Å². The first-order chi connectivity index (χ1) is 7.88. The molecule has 0 atom stereocenters. The van der Waals surface area contributed by atoms with Crippen molar-refractivity contribution < 1.29 is 8.42 Å².